The average Bonchev–Trinajstić information content (AvgIpc) is 3.06. The first kappa shape index (κ1) is 16.3. The van der Waals surface area contributed by atoms with E-state index in [0.717, 1.165) is 15.8 Å². The molecule has 1 aromatic heterocycles. The van der Waals surface area contributed by atoms with Gasteiger partial charge in [-0.2, -0.15) is 5.26 Å². The molecule has 0 aliphatic heterocycles. The summed E-state index contributed by atoms with van der Waals surface area (Å²) in [6.45, 7) is 1.70. The number of rotatable bonds is 5. The molecule has 0 bridgehead atoms. The maximum atomic E-state index is 13.1. The van der Waals surface area contributed by atoms with Gasteiger partial charge in [0.05, 0.1) is 16.3 Å². The van der Waals surface area contributed by atoms with Gasteiger partial charge in [0.15, 0.2) is 11.7 Å². The first-order valence-corrected chi connectivity index (χ1v) is 8.32. The summed E-state index contributed by atoms with van der Waals surface area (Å²) in [6, 6.07) is 18.9. The quantitative estimate of drug-likeness (QED) is 0.705. The summed E-state index contributed by atoms with van der Waals surface area (Å²) in [6.07, 6.45) is 0. The zero-order valence-electron chi connectivity index (χ0n) is 13.4. The highest BCUT2D eigenvalue weighted by Gasteiger charge is 2.41. The normalized spacial score (nSPS) is 14.7. The Kier molecular flexibility index (Phi) is 4.43. The van der Waals surface area contributed by atoms with Crippen molar-refractivity contribution in [3.8, 4) is 6.07 Å². The molecule has 5 heteroatoms. The van der Waals surface area contributed by atoms with E-state index in [1.54, 1.807) is 6.92 Å². The maximum Gasteiger partial charge on any atom is 0.192 e. The first-order valence-electron chi connectivity index (χ1n) is 7.50. The van der Waals surface area contributed by atoms with Crippen molar-refractivity contribution in [1.82, 2.24) is 4.98 Å². The number of aromatic nitrogens is 1. The molecule has 2 atom stereocenters. The van der Waals surface area contributed by atoms with Crippen LogP contribution in [0.5, 0.6) is 0 Å². The van der Waals surface area contributed by atoms with Crippen molar-refractivity contribution in [2.75, 3.05) is 7.11 Å². The Morgan fingerprint density at radius 2 is 1.88 bits per heavy atom. The van der Waals surface area contributed by atoms with Gasteiger partial charge in [0, 0.05) is 7.11 Å². The fourth-order valence-corrected chi connectivity index (χ4v) is 3.64. The molecule has 1 heterocycles. The minimum atomic E-state index is -1.19. The predicted molar refractivity (Wildman–Crippen MR) is 93.8 cm³/mol. The Morgan fingerprint density at radius 1 is 1.21 bits per heavy atom. The minimum Gasteiger partial charge on any atom is -0.366 e. The fraction of sp³-hybridized carbons (Fsp3) is 0.211. The molecule has 3 aromatic rings. The topological polar surface area (TPSA) is 63.0 Å². The Morgan fingerprint density at radius 3 is 2.50 bits per heavy atom. The summed E-state index contributed by atoms with van der Waals surface area (Å²) in [5, 5.41) is 10.1. The highest BCUT2D eigenvalue weighted by Crippen LogP contribution is 2.35. The van der Waals surface area contributed by atoms with Gasteiger partial charge in [0.25, 0.3) is 0 Å². The molecular weight excluding hydrogens is 320 g/mol. The third kappa shape index (κ3) is 2.71. The summed E-state index contributed by atoms with van der Waals surface area (Å²) in [4.78, 5) is 17.6. The van der Waals surface area contributed by atoms with Gasteiger partial charge in [-0.1, -0.05) is 42.5 Å². The lowest BCUT2D eigenvalue weighted by Crippen LogP contribution is -2.38. The molecule has 3 rings (SSSR count). The van der Waals surface area contributed by atoms with E-state index >= 15 is 0 Å². The Labute approximate surface area is 144 Å². The number of ketones is 1. The number of benzene rings is 2. The zero-order chi connectivity index (χ0) is 17.2. The van der Waals surface area contributed by atoms with Gasteiger partial charge >= 0.3 is 0 Å². The number of fused-ring (bicyclic) bond motifs is 1. The summed E-state index contributed by atoms with van der Waals surface area (Å²) in [5.41, 5.74) is 0.322. The van der Waals surface area contributed by atoms with Gasteiger partial charge in [-0.15, -0.1) is 11.3 Å². The van der Waals surface area contributed by atoms with Gasteiger partial charge in [0.1, 0.15) is 10.6 Å². The van der Waals surface area contributed by atoms with Crippen LogP contribution in [0, 0.1) is 11.3 Å². The van der Waals surface area contributed by atoms with Crippen LogP contribution >= 0.6 is 11.3 Å². The van der Waals surface area contributed by atoms with Crippen LogP contribution in [0.25, 0.3) is 10.2 Å². The fourth-order valence-electron chi connectivity index (χ4n) is 2.63. The van der Waals surface area contributed by atoms with Crippen LogP contribution in [-0.2, 0) is 15.1 Å². The molecule has 0 saturated heterocycles. The van der Waals surface area contributed by atoms with Crippen molar-refractivity contribution in [1.29, 1.82) is 5.26 Å². The van der Waals surface area contributed by atoms with E-state index in [4.69, 9.17) is 4.74 Å². The molecule has 0 aliphatic carbocycles. The second kappa shape index (κ2) is 6.52. The summed E-state index contributed by atoms with van der Waals surface area (Å²) in [7, 11) is 1.48. The van der Waals surface area contributed by atoms with Crippen LogP contribution in [0.3, 0.4) is 0 Å². The number of nitrogens with zero attached hydrogens (tertiary/aromatic N) is 2. The highest BCUT2D eigenvalue weighted by molar-refractivity contribution is 7.18. The molecule has 0 saturated carbocycles. The monoisotopic (exact) mass is 336 g/mol. The molecule has 0 amide bonds. The van der Waals surface area contributed by atoms with E-state index in [-0.39, 0.29) is 5.78 Å². The lowest BCUT2D eigenvalue weighted by Gasteiger charge is -2.28. The number of Topliss-reactive ketones (excluding diaryl/α,β-unsaturated/α-hetero) is 1. The van der Waals surface area contributed by atoms with Crippen LogP contribution in [0.15, 0.2) is 54.6 Å². The number of hydrogen-bond acceptors (Lipinski definition) is 5. The van der Waals surface area contributed by atoms with Crippen LogP contribution in [-0.4, -0.2) is 17.9 Å². The van der Waals surface area contributed by atoms with Crippen LogP contribution in [0.2, 0.25) is 0 Å². The zero-order valence-corrected chi connectivity index (χ0v) is 14.2. The van der Waals surface area contributed by atoms with Crippen molar-refractivity contribution < 1.29 is 9.53 Å². The summed E-state index contributed by atoms with van der Waals surface area (Å²) in [5.74, 6) is -1.27. The molecule has 0 unspecified atom stereocenters. The predicted octanol–water partition coefficient (Wildman–Crippen LogP) is 4.03. The second-order valence-electron chi connectivity index (χ2n) is 5.55. The number of nitriles is 1. The standard InChI is InChI=1S/C19H16N2O2S/c1-19(23-2,13-8-4-3-5-9-13)17(22)14(12-20)18-21-15-10-6-7-11-16(15)24-18/h3-11,14H,1-2H3/t14-,19+/m1/s1. The van der Waals surface area contributed by atoms with Crippen molar-refractivity contribution in [3.05, 3.63) is 65.2 Å². The Hall–Kier alpha value is -2.55. The van der Waals surface area contributed by atoms with E-state index < -0.39 is 11.5 Å². The molecule has 2 aromatic carbocycles. The molecule has 0 aliphatic rings. The molecule has 4 nitrogen and oxygen atoms in total. The van der Waals surface area contributed by atoms with E-state index in [1.807, 2.05) is 54.6 Å². The highest BCUT2D eigenvalue weighted by atomic mass is 32.1. The van der Waals surface area contributed by atoms with E-state index in [0.29, 0.717) is 5.01 Å². The second-order valence-corrected chi connectivity index (χ2v) is 6.61. The van der Waals surface area contributed by atoms with E-state index in [9.17, 15) is 10.1 Å². The largest absolute Gasteiger partial charge is 0.366 e. The third-order valence-electron chi connectivity index (χ3n) is 4.15. The smallest absolute Gasteiger partial charge is 0.192 e. The Balaban J connectivity index is 2.03. The lowest BCUT2D eigenvalue weighted by atomic mass is 9.85. The number of hydrogen-bond donors (Lipinski definition) is 0. The molecule has 0 fully saturated rings. The Bertz CT molecular complexity index is 881. The number of methoxy groups -OCH3 is 1. The van der Waals surface area contributed by atoms with Gasteiger partial charge in [-0.25, -0.2) is 4.98 Å². The third-order valence-corrected chi connectivity index (χ3v) is 5.25. The van der Waals surface area contributed by atoms with E-state index in [2.05, 4.69) is 11.1 Å². The van der Waals surface area contributed by atoms with Gasteiger partial charge < -0.3 is 4.74 Å². The summed E-state index contributed by atoms with van der Waals surface area (Å²) >= 11 is 1.37. The molecule has 0 N–H and O–H groups in total. The first-order chi connectivity index (χ1) is 11.6. The molecule has 120 valence electrons. The molecule has 0 radical (unpaired) electrons. The minimum absolute atomic E-state index is 0.308. The number of thiazole rings is 1. The number of ether oxygens (including phenoxy) is 1. The van der Waals surface area contributed by atoms with Crippen molar-refractivity contribution in [3.63, 3.8) is 0 Å². The van der Waals surface area contributed by atoms with Gasteiger partial charge in [-0.3, -0.25) is 4.79 Å². The van der Waals surface area contributed by atoms with Crippen LogP contribution in [0.1, 0.15) is 23.4 Å². The van der Waals surface area contributed by atoms with Crippen molar-refractivity contribution in [2.45, 2.75) is 18.4 Å². The van der Waals surface area contributed by atoms with Gasteiger partial charge in [-0.05, 0) is 24.6 Å². The van der Waals surface area contributed by atoms with E-state index in [1.165, 1.54) is 18.4 Å². The van der Waals surface area contributed by atoms with Crippen LogP contribution < -0.4 is 0 Å². The molecular formula is C19H16N2O2S. The SMILES string of the molecule is CO[C@](C)(C(=O)[C@@H](C#N)c1nc2ccccc2s1)c1ccccc1. The average molecular weight is 336 g/mol. The lowest BCUT2D eigenvalue weighted by molar-refractivity contribution is -0.140. The number of carbonyl (C=O) groups is 1. The number of para-hydroxylation sites is 1. The molecule has 24 heavy (non-hydrogen) atoms. The molecule has 0 spiro atoms. The van der Waals surface area contributed by atoms with Crippen molar-refractivity contribution >= 4 is 27.3 Å². The van der Waals surface area contributed by atoms with Crippen LogP contribution in [0.4, 0.5) is 0 Å². The maximum absolute atomic E-state index is 13.1. The summed E-state index contributed by atoms with van der Waals surface area (Å²) < 4.78 is 6.50. The van der Waals surface area contributed by atoms with Gasteiger partial charge in [0.2, 0.25) is 0 Å². The number of carbonyl (C=O) groups excluding carboxylic acids is 1. The van der Waals surface area contributed by atoms with Crippen molar-refractivity contribution in [2.24, 2.45) is 0 Å².